The molecule has 0 radical (unpaired) electrons. The number of carbonyl (C=O) groups is 1. The Morgan fingerprint density at radius 2 is 1.86 bits per heavy atom. The fourth-order valence-electron chi connectivity index (χ4n) is 3.24. The normalized spacial score (nSPS) is 16.3. The SMILES string of the molecule is CC(C)(C)CC(=O)N(Cc1ccccc1)C[C@H]1CC(c2ccc(Cl)c(Cl)c2)=NO1. The monoisotopic (exact) mass is 432 g/mol. The Morgan fingerprint density at radius 3 is 2.52 bits per heavy atom. The first-order valence-corrected chi connectivity index (χ1v) is 10.5. The third-order valence-electron chi connectivity index (χ3n) is 4.66. The van der Waals surface area contributed by atoms with Gasteiger partial charge in [-0.2, -0.15) is 0 Å². The fraction of sp³-hybridized carbons (Fsp3) is 0.391. The van der Waals surface area contributed by atoms with Crippen molar-refractivity contribution in [1.82, 2.24) is 4.90 Å². The molecule has 154 valence electrons. The molecule has 2 aromatic carbocycles. The van der Waals surface area contributed by atoms with Gasteiger partial charge in [-0.05, 0) is 23.1 Å². The molecular formula is C23H26Cl2N2O2. The zero-order chi connectivity index (χ0) is 21.0. The number of nitrogens with zero attached hydrogens (tertiary/aromatic N) is 2. The van der Waals surface area contributed by atoms with Crippen molar-refractivity contribution in [2.75, 3.05) is 6.54 Å². The number of amides is 1. The van der Waals surface area contributed by atoms with E-state index in [1.807, 2.05) is 41.3 Å². The van der Waals surface area contributed by atoms with Crippen molar-refractivity contribution in [2.24, 2.45) is 10.6 Å². The topological polar surface area (TPSA) is 41.9 Å². The summed E-state index contributed by atoms with van der Waals surface area (Å²) in [4.78, 5) is 20.5. The summed E-state index contributed by atoms with van der Waals surface area (Å²) in [5.74, 6) is 0.118. The molecule has 0 unspecified atom stereocenters. The van der Waals surface area contributed by atoms with E-state index in [-0.39, 0.29) is 17.4 Å². The minimum atomic E-state index is -0.188. The summed E-state index contributed by atoms with van der Waals surface area (Å²) in [6.45, 7) is 7.26. The standard InChI is InChI=1S/C23H26Cl2N2O2/c1-23(2,3)13-22(28)27(14-16-7-5-4-6-8-16)15-18-12-21(26-29-18)17-9-10-19(24)20(25)11-17/h4-11,18H,12-15H2,1-3H3/t18-/m1/s1. The van der Waals surface area contributed by atoms with Crippen LogP contribution in [0.2, 0.25) is 10.0 Å². The highest BCUT2D eigenvalue weighted by Crippen LogP contribution is 2.27. The van der Waals surface area contributed by atoms with Gasteiger partial charge in [0.05, 0.1) is 22.3 Å². The minimum Gasteiger partial charge on any atom is -0.390 e. The lowest BCUT2D eigenvalue weighted by molar-refractivity contribution is -0.135. The average molecular weight is 433 g/mol. The van der Waals surface area contributed by atoms with Gasteiger partial charge in [-0.15, -0.1) is 0 Å². The third kappa shape index (κ3) is 6.22. The van der Waals surface area contributed by atoms with Crippen molar-refractivity contribution in [2.45, 2.75) is 46.3 Å². The maximum absolute atomic E-state index is 13.0. The summed E-state index contributed by atoms with van der Waals surface area (Å²) in [6, 6.07) is 15.4. The van der Waals surface area contributed by atoms with E-state index < -0.39 is 0 Å². The van der Waals surface area contributed by atoms with Gasteiger partial charge in [0.2, 0.25) is 5.91 Å². The molecule has 4 nitrogen and oxygen atoms in total. The Morgan fingerprint density at radius 1 is 1.14 bits per heavy atom. The Kier molecular flexibility index (Phi) is 6.86. The summed E-state index contributed by atoms with van der Waals surface area (Å²) in [6.07, 6.45) is 0.908. The van der Waals surface area contributed by atoms with E-state index in [4.69, 9.17) is 28.0 Å². The molecule has 0 fully saturated rings. The van der Waals surface area contributed by atoms with Gasteiger partial charge < -0.3 is 9.74 Å². The molecule has 1 amide bonds. The fourth-order valence-corrected chi connectivity index (χ4v) is 3.54. The minimum absolute atomic E-state index is 0.0791. The van der Waals surface area contributed by atoms with Crippen LogP contribution >= 0.6 is 23.2 Å². The van der Waals surface area contributed by atoms with Gasteiger partial charge in [0.15, 0.2) is 6.10 Å². The highest BCUT2D eigenvalue weighted by molar-refractivity contribution is 6.42. The van der Waals surface area contributed by atoms with Gasteiger partial charge in [-0.1, -0.05) is 85.5 Å². The molecule has 1 atom stereocenters. The largest absolute Gasteiger partial charge is 0.390 e. The first kappa shape index (κ1) is 21.7. The third-order valence-corrected chi connectivity index (χ3v) is 5.40. The second-order valence-electron chi connectivity index (χ2n) is 8.60. The van der Waals surface area contributed by atoms with Crippen molar-refractivity contribution in [3.8, 4) is 0 Å². The highest BCUT2D eigenvalue weighted by Gasteiger charge is 2.28. The molecular weight excluding hydrogens is 407 g/mol. The zero-order valence-electron chi connectivity index (χ0n) is 17.0. The van der Waals surface area contributed by atoms with Crippen LogP contribution in [-0.4, -0.2) is 29.2 Å². The van der Waals surface area contributed by atoms with Crippen molar-refractivity contribution in [3.05, 3.63) is 69.7 Å². The van der Waals surface area contributed by atoms with Gasteiger partial charge in [0.25, 0.3) is 0 Å². The van der Waals surface area contributed by atoms with Crippen LogP contribution in [0, 0.1) is 5.41 Å². The predicted octanol–water partition coefficient (Wildman–Crippen LogP) is 5.95. The summed E-state index contributed by atoms with van der Waals surface area (Å²) in [5, 5.41) is 5.22. The van der Waals surface area contributed by atoms with Crippen LogP contribution in [0.25, 0.3) is 0 Å². The van der Waals surface area contributed by atoms with Gasteiger partial charge >= 0.3 is 0 Å². The van der Waals surface area contributed by atoms with Gasteiger partial charge in [0, 0.05) is 24.9 Å². The molecule has 6 heteroatoms. The van der Waals surface area contributed by atoms with Crippen molar-refractivity contribution in [1.29, 1.82) is 0 Å². The Balaban J connectivity index is 1.69. The smallest absolute Gasteiger partial charge is 0.223 e. The molecule has 1 aliphatic rings. The van der Waals surface area contributed by atoms with Crippen molar-refractivity contribution in [3.63, 3.8) is 0 Å². The number of benzene rings is 2. The number of hydrogen-bond donors (Lipinski definition) is 0. The van der Waals surface area contributed by atoms with Gasteiger partial charge in [0.1, 0.15) is 0 Å². The maximum Gasteiger partial charge on any atom is 0.223 e. The molecule has 1 aliphatic heterocycles. The number of oxime groups is 1. The van der Waals surface area contributed by atoms with E-state index in [1.54, 1.807) is 12.1 Å². The summed E-state index contributed by atoms with van der Waals surface area (Å²) in [5.41, 5.74) is 2.72. The molecule has 1 heterocycles. The summed E-state index contributed by atoms with van der Waals surface area (Å²) in [7, 11) is 0. The Bertz CT molecular complexity index is 891. The van der Waals surface area contributed by atoms with Crippen LogP contribution in [0.15, 0.2) is 53.7 Å². The van der Waals surface area contributed by atoms with Crippen LogP contribution in [0.3, 0.4) is 0 Å². The summed E-state index contributed by atoms with van der Waals surface area (Å²) >= 11 is 12.1. The molecule has 0 aliphatic carbocycles. The summed E-state index contributed by atoms with van der Waals surface area (Å²) < 4.78 is 0. The van der Waals surface area contributed by atoms with Crippen LogP contribution in [0.5, 0.6) is 0 Å². The molecule has 0 aromatic heterocycles. The van der Waals surface area contributed by atoms with Crippen molar-refractivity contribution >= 4 is 34.8 Å². The van der Waals surface area contributed by atoms with E-state index in [1.165, 1.54) is 0 Å². The van der Waals surface area contributed by atoms with Gasteiger partial charge in [-0.3, -0.25) is 4.79 Å². The van der Waals surface area contributed by atoms with Crippen LogP contribution in [0.4, 0.5) is 0 Å². The average Bonchev–Trinajstić information content (AvgIpc) is 3.11. The number of hydrogen-bond acceptors (Lipinski definition) is 3. The van der Waals surface area contributed by atoms with Crippen LogP contribution in [0.1, 0.15) is 44.7 Å². The lowest BCUT2D eigenvalue weighted by Crippen LogP contribution is -2.38. The maximum atomic E-state index is 13.0. The number of rotatable bonds is 6. The molecule has 0 spiro atoms. The predicted molar refractivity (Wildman–Crippen MR) is 118 cm³/mol. The van der Waals surface area contributed by atoms with Crippen LogP contribution in [-0.2, 0) is 16.2 Å². The zero-order valence-corrected chi connectivity index (χ0v) is 18.5. The van der Waals surface area contributed by atoms with Crippen molar-refractivity contribution < 1.29 is 9.63 Å². The second kappa shape index (κ2) is 9.19. The molecule has 0 bridgehead atoms. The molecule has 0 N–H and O–H groups in total. The van der Waals surface area contributed by atoms with E-state index in [2.05, 4.69) is 25.9 Å². The van der Waals surface area contributed by atoms with E-state index in [0.29, 0.717) is 36.0 Å². The number of halogens is 2. The second-order valence-corrected chi connectivity index (χ2v) is 9.41. The number of carbonyl (C=O) groups excluding carboxylic acids is 1. The van der Waals surface area contributed by atoms with E-state index in [0.717, 1.165) is 16.8 Å². The lowest BCUT2D eigenvalue weighted by atomic mass is 9.91. The quantitative estimate of drug-likeness (QED) is 0.565. The molecule has 2 aromatic rings. The van der Waals surface area contributed by atoms with Crippen LogP contribution < -0.4 is 0 Å². The molecule has 29 heavy (non-hydrogen) atoms. The van der Waals surface area contributed by atoms with E-state index >= 15 is 0 Å². The first-order valence-electron chi connectivity index (χ1n) is 9.71. The first-order chi connectivity index (χ1) is 13.7. The highest BCUT2D eigenvalue weighted by atomic mass is 35.5. The molecule has 0 saturated heterocycles. The lowest BCUT2D eigenvalue weighted by Gasteiger charge is -2.28. The Labute approximate surface area is 182 Å². The van der Waals surface area contributed by atoms with E-state index in [9.17, 15) is 4.79 Å². The molecule has 0 saturated carbocycles. The molecule has 3 rings (SSSR count). The Hall–Kier alpha value is -2.04. The van der Waals surface area contributed by atoms with Gasteiger partial charge in [-0.25, -0.2) is 0 Å².